The number of nitrogens with one attached hydrogen (secondary N) is 1. The largest absolute Gasteiger partial charge is 0.491 e. The van der Waals surface area contributed by atoms with Crippen molar-refractivity contribution in [3.8, 4) is 11.5 Å². The van der Waals surface area contributed by atoms with Gasteiger partial charge in [0.05, 0.1) is 18.6 Å². The lowest BCUT2D eigenvalue weighted by molar-refractivity contribution is -0.271. The molecule has 2 aliphatic heterocycles. The summed E-state index contributed by atoms with van der Waals surface area (Å²) < 4.78 is 27.5. The number of ether oxygens (including phenoxy) is 5. The van der Waals surface area contributed by atoms with Crippen LogP contribution in [0, 0.1) is 5.41 Å². The summed E-state index contributed by atoms with van der Waals surface area (Å²) in [6.07, 6.45) is -4.45. The summed E-state index contributed by atoms with van der Waals surface area (Å²) in [5, 5.41) is 42.7. The Morgan fingerprint density at radius 2 is 1.65 bits per heavy atom. The summed E-state index contributed by atoms with van der Waals surface area (Å²) in [4.78, 5) is 60.1. The number of unbranched alkanes of at least 4 members (excludes halogenated alkanes) is 2. The highest BCUT2D eigenvalue weighted by Crippen LogP contribution is 2.31. The molecule has 5 N–H and O–H groups in total. The number of carbonyl (C=O) groups is 5. The van der Waals surface area contributed by atoms with E-state index in [-0.39, 0.29) is 62.2 Å². The number of carboxylic acid groups (broad SMARTS) is 1. The van der Waals surface area contributed by atoms with Crippen LogP contribution >= 0.6 is 0 Å². The molecule has 0 aliphatic carbocycles. The molecule has 2 aliphatic rings. The third-order valence-electron chi connectivity index (χ3n) is 7.32. The van der Waals surface area contributed by atoms with Crippen LogP contribution in [0.15, 0.2) is 30.4 Å². The van der Waals surface area contributed by atoms with Crippen LogP contribution in [0.5, 0.6) is 11.5 Å². The van der Waals surface area contributed by atoms with E-state index in [9.17, 15) is 44.4 Å². The van der Waals surface area contributed by atoms with E-state index in [1.165, 1.54) is 29.2 Å². The van der Waals surface area contributed by atoms with E-state index < -0.39 is 48.1 Å². The van der Waals surface area contributed by atoms with Gasteiger partial charge in [0.1, 0.15) is 43.0 Å². The van der Waals surface area contributed by atoms with Crippen molar-refractivity contribution in [2.45, 2.75) is 83.8 Å². The molecule has 0 unspecified atom stereocenters. The molecule has 0 aromatic heterocycles. The molecule has 16 heteroatoms. The molecule has 1 aromatic carbocycles. The summed E-state index contributed by atoms with van der Waals surface area (Å²) in [5.41, 5.74) is -0.465. The summed E-state index contributed by atoms with van der Waals surface area (Å²) in [5.74, 6) is -2.56. The molecule has 2 heterocycles. The maximum absolute atomic E-state index is 12.3. The smallest absolute Gasteiger partial charge is 0.335 e. The molecule has 5 atom stereocenters. The Kier molecular flexibility index (Phi) is 14.3. The van der Waals surface area contributed by atoms with Crippen molar-refractivity contribution in [3.63, 3.8) is 0 Å². The predicted molar refractivity (Wildman–Crippen MR) is 164 cm³/mol. The Hall–Kier alpha value is -4.09. The summed E-state index contributed by atoms with van der Waals surface area (Å²) in [7, 11) is 0. The van der Waals surface area contributed by atoms with Gasteiger partial charge in [-0.05, 0) is 45.7 Å². The second-order valence-corrected chi connectivity index (χ2v) is 12.2. The van der Waals surface area contributed by atoms with Gasteiger partial charge in [-0.25, -0.2) is 4.79 Å². The summed E-state index contributed by atoms with van der Waals surface area (Å²) >= 11 is 0. The zero-order valence-corrected chi connectivity index (χ0v) is 27.2. The Morgan fingerprint density at radius 3 is 2.31 bits per heavy atom. The Bertz CT molecular complexity index is 1310. The average molecular weight is 681 g/mol. The topological polar surface area (TPSA) is 228 Å². The second kappa shape index (κ2) is 17.9. The highest BCUT2D eigenvalue weighted by atomic mass is 16.7. The molecule has 48 heavy (non-hydrogen) atoms. The number of hydrogen-bond acceptors (Lipinski definition) is 13. The third kappa shape index (κ3) is 11.3. The van der Waals surface area contributed by atoms with Gasteiger partial charge in [-0.15, -0.1) is 0 Å². The van der Waals surface area contributed by atoms with Crippen LogP contribution in [0.3, 0.4) is 0 Å². The highest BCUT2D eigenvalue weighted by molar-refractivity contribution is 6.12. The number of benzene rings is 1. The number of imide groups is 1. The minimum atomic E-state index is -1.90. The molecule has 1 saturated heterocycles. The summed E-state index contributed by atoms with van der Waals surface area (Å²) in [6, 6.07) is 4.51. The molecular formula is C32H44N2O14. The van der Waals surface area contributed by atoms with Crippen LogP contribution in [0.2, 0.25) is 0 Å². The molecule has 1 aromatic rings. The lowest BCUT2D eigenvalue weighted by Crippen LogP contribution is -2.61. The van der Waals surface area contributed by atoms with Crippen LogP contribution in [0.25, 0.3) is 0 Å². The van der Waals surface area contributed by atoms with E-state index >= 15 is 0 Å². The van der Waals surface area contributed by atoms with Crippen LogP contribution in [-0.4, -0.2) is 119 Å². The standard InChI is InChI=1S/C32H44N2O14/c1-32(2,3)31(43)46-18-19-8-9-20(17-21(19)47-30-27(40)25(38)26(39)28(48-30)29(41)42)45-16-15-44-14-12-33-22(35)7-5-4-6-13-34-23(36)10-11-24(34)37/h8-11,17,25-28,30,38-40H,4-7,12-16,18H2,1-3H3,(H,33,35)(H,41,42)/t25-,26-,27+,28-,30+/m0/s1. The normalized spacial score (nSPS) is 22.5. The first-order chi connectivity index (χ1) is 22.7. The number of carbonyl (C=O) groups excluding carboxylic acids is 4. The van der Waals surface area contributed by atoms with Gasteiger partial charge in [0, 0.05) is 43.3 Å². The molecule has 0 bridgehead atoms. The zero-order chi connectivity index (χ0) is 35.4. The number of amides is 3. The monoisotopic (exact) mass is 680 g/mol. The molecular weight excluding hydrogens is 636 g/mol. The van der Waals surface area contributed by atoms with Gasteiger partial charge in [-0.1, -0.05) is 6.42 Å². The number of aliphatic hydroxyl groups is 3. The molecule has 0 spiro atoms. The number of hydrogen-bond donors (Lipinski definition) is 5. The molecule has 3 rings (SSSR count). The molecule has 0 saturated carbocycles. The number of rotatable bonds is 18. The molecule has 1 fully saturated rings. The van der Waals surface area contributed by atoms with Gasteiger partial charge in [0.2, 0.25) is 12.2 Å². The number of aliphatic hydroxyl groups excluding tert-OH is 3. The van der Waals surface area contributed by atoms with Crippen molar-refractivity contribution >= 4 is 29.7 Å². The van der Waals surface area contributed by atoms with Crippen LogP contribution in [0.1, 0.15) is 52.0 Å². The van der Waals surface area contributed by atoms with Gasteiger partial charge in [0.25, 0.3) is 11.8 Å². The van der Waals surface area contributed by atoms with Crippen molar-refractivity contribution in [1.82, 2.24) is 10.2 Å². The van der Waals surface area contributed by atoms with E-state index in [4.69, 9.17) is 23.7 Å². The van der Waals surface area contributed by atoms with E-state index in [1.54, 1.807) is 26.8 Å². The van der Waals surface area contributed by atoms with E-state index in [0.29, 0.717) is 37.8 Å². The van der Waals surface area contributed by atoms with Crippen molar-refractivity contribution in [2.75, 3.05) is 32.9 Å². The van der Waals surface area contributed by atoms with Crippen molar-refractivity contribution in [2.24, 2.45) is 5.41 Å². The molecule has 16 nitrogen and oxygen atoms in total. The van der Waals surface area contributed by atoms with Crippen LogP contribution in [0.4, 0.5) is 0 Å². The fourth-order valence-electron chi connectivity index (χ4n) is 4.54. The van der Waals surface area contributed by atoms with E-state index in [2.05, 4.69) is 5.32 Å². The third-order valence-corrected chi connectivity index (χ3v) is 7.32. The maximum atomic E-state index is 12.3. The van der Waals surface area contributed by atoms with E-state index in [1.807, 2.05) is 0 Å². The Labute approximate surface area is 277 Å². The van der Waals surface area contributed by atoms with Gasteiger partial charge < -0.3 is 49.4 Å². The maximum Gasteiger partial charge on any atom is 0.335 e. The van der Waals surface area contributed by atoms with Crippen molar-refractivity contribution in [3.05, 3.63) is 35.9 Å². The minimum absolute atomic E-state index is 0.00431. The fraction of sp³-hybridized carbons (Fsp3) is 0.594. The number of nitrogens with zero attached hydrogens (tertiary/aromatic N) is 1. The molecule has 0 radical (unpaired) electrons. The lowest BCUT2D eigenvalue weighted by atomic mass is 9.97. The number of carboxylic acids is 1. The van der Waals surface area contributed by atoms with Gasteiger partial charge in [-0.2, -0.15) is 0 Å². The SMILES string of the molecule is CC(C)(C)C(=O)OCc1ccc(OCCOCCNC(=O)CCCCCN2C(=O)C=CC2=O)cc1O[C@@H]1O[C@H](C(=O)O)[C@@H](O)[C@H](O)[C@H]1O. The first-order valence-electron chi connectivity index (χ1n) is 15.6. The quantitative estimate of drug-likeness (QED) is 0.0784. The first kappa shape index (κ1) is 38.4. The van der Waals surface area contributed by atoms with E-state index in [0.717, 1.165) is 0 Å². The van der Waals surface area contributed by atoms with Crippen molar-refractivity contribution < 1.29 is 68.1 Å². The molecule has 266 valence electrons. The Morgan fingerprint density at radius 1 is 0.938 bits per heavy atom. The number of esters is 1. The highest BCUT2D eigenvalue weighted by Gasteiger charge is 2.48. The molecule has 3 amide bonds. The van der Waals surface area contributed by atoms with Gasteiger partial charge in [0.15, 0.2) is 6.10 Å². The van der Waals surface area contributed by atoms with Crippen LogP contribution in [-0.2, 0) is 44.8 Å². The van der Waals surface area contributed by atoms with Gasteiger partial charge >= 0.3 is 11.9 Å². The second-order valence-electron chi connectivity index (χ2n) is 12.2. The fourth-order valence-corrected chi connectivity index (χ4v) is 4.54. The predicted octanol–water partition coefficient (Wildman–Crippen LogP) is 0.0439. The zero-order valence-electron chi connectivity index (χ0n) is 27.2. The first-order valence-corrected chi connectivity index (χ1v) is 15.6. The Balaban J connectivity index is 1.44. The van der Waals surface area contributed by atoms with Gasteiger partial charge in [-0.3, -0.25) is 24.1 Å². The van der Waals surface area contributed by atoms with Crippen LogP contribution < -0.4 is 14.8 Å². The minimum Gasteiger partial charge on any atom is -0.491 e. The average Bonchev–Trinajstić information content (AvgIpc) is 3.35. The lowest BCUT2D eigenvalue weighted by Gasteiger charge is -2.38. The number of aliphatic carboxylic acids is 1. The summed E-state index contributed by atoms with van der Waals surface area (Å²) in [6.45, 7) is 5.89. The van der Waals surface area contributed by atoms with Crippen molar-refractivity contribution in [1.29, 1.82) is 0 Å².